The summed E-state index contributed by atoms with van der Waals surface area (Å²) in [5, 5.41) is 0.586. The fraction of sp³-hybridized carbons (Fsp3) is 0.450. The quantitative estimate of drug-likeness (QED) is 0.591. The smallest absolute Gasteiger partial charge is 0.339 e. The van der Waals surface area contributed by atoms with Gasteiger partial charge in [0.1, 0.15) is 11.4 Å². The summed E-state index contributed by atoms with van der Waals surface area (Å²) in [7, 11) is 0. The second-order valence-electron chi connectivity index (χ2n) is 7.48. The summed E-state index contributed by atoms with van der Waals surface area (Å²) >= 11 is 1.53. The van der Waals surface area contributed by atoms with Gasteiger partial charge in [0.2, 0.25) is 0 Å². The number of hydrogen-bond donors (Lipinski definition) is 0. The summed E-state index contributed by atoms with van der Waals surface area (Å²) < 4.78 is 40.8. The second kappa shape index (κ2) is 7.12. The Hall–Kier alpha value is -2.42. The first-order chi connectivity index (χ1) is 13.7. The SMILES string of the molecule is Cc1cc(C(=O)Cn2cnc3sc4c(c3c2=O)CCCC4)c(C)n1CC(F)(F)F. The van der Waals surface area contributed by atoms with E-state index in [0.29, 0.717) is 15.9 Å². The molecule has 0 fully saturated rings. The molecule has 0 radical (unpaired) electrons. The molecule has 0 aliphatic heterocycles. The molecule has 0 aromatic carbocycles. The van der Waals surface area contributed by atoms with Crippen LogP contribution in [0.3, 0.4) is 0 Å². The van der Waals surface area contributed by atoms with Crippen molar-refractivity contribution in [2.45, 2.75) is 58.8 Å². The van der Waals surface area contributed by atoms with Gasteiger partial charge in [-0.1, -0.05) is 0 Å². The fourth-order valence-electron chi connectivity index (χ4n) is 4.04. The van der Waals surface area contributed by atoms with Gasteiger partial charge in [0.15, 0.2) is 5.78 Å². The molecule has 1 aliphatic rings. The van der Waals surface area contributed by atoms with Crippen LogP contribution in [0.25, 0.3) is 10.2 Å². The minimum Gasteiger partial charge on any atom is -0.339 e. The number of nitrogens with zero attached hydrogens (tertiary/aromatic N) is 3. The number of aryl methyl sites for hydroxylation is 3. The molecule has 0 amide bonds. The second-order valence-corrected chi connectivity index (χ2v) is 8.56. The van der Waals surface area contributed by atoms with Crippen LogP contribution in [0.2, 0.25) is 0 Å². The number of carbonyl (C=O) groups is 1. The number of aromatic nitrogens is 3. The number of rotatable bonds is 4. The van der Waals surface area contributed by atoms with E-state index in [-0.39, 0.29) is 23.4 Å². The Morgan fingerprint density at radius 1 is 1.24 bits per heavy atom. The molecule has 3 aromatic heterocycles. The van der Waals surface area contributed by atoms with E-state index >= 15 is 0 Å². The summed E-state index contributed by atoms with van der Waals surface area (Å²) in [5.41, 5.74) is 1.59. The van der Waals surface area contributed by atoms with Crippen molar-refractivity contribution in [3.63, 3.8) is 0 Å². The van der Waals surface area contributed by atoms with Gasteiger partial charge < -0.3 is 4.57 Å². The molecule has 0 atom stereocenters. The largest absolute Gasteiger partial charge is 0.406 e. The van der Waals surface area contributed by atoms with Gasteiger partial charge in [-0.15, -0.1) is 11.3 Å². The average molecular weight is 423 g/mol. The molecule has 0 N–H and O–H groups in total. The summed E-state index contributed by atoms with van der Waals surface area (Å²) in [6.45, 7) is 1.63. The molecule has 0 saturated carbocycles. The topological polar surface area (TPSA) is 56.9 Å². The molecule has 5 nitrogen and oxygen atoms in total. The van der Waals surface area contributed by atoms with Crippen molar-refractivity contribution in [1.82, 2.24) is 14.1 Å². The molecule has 29 heavy (non-hydrogen) atoms. The zero-order valence-corrected chi connectivity index (χ0v) is 16.9. The summed E-state index contributed by atoms with van der Waals surface area (Å²) in [4.78, 5) is 32.0. The van der Waals surface area contributed by atoms with Gasteiger partial charge in [0.05, 0.1) is 18.3 Å². The zero-order chi connectivity index (χ0) is 20.9. The Kier molecular flexibility index (Phi) is 4.88. The molecule has 0 spiro atoms. The monoisotopic (exact) mass is 423 g/mol. The Morgan fingerprint density at radius 3 is 2.69 bits per heavy atom. The minimum atomic E-state index is -4.38. The molecule has 3 heterocycles. The number of alkyl halides is 3. The lowest BCUT2D eigenvalue weighted by molar-refractivity contribution is -0.141. The van der Waals surface area contributed by atoms with Crippen LogP contribution in [-0.2, 0) is 25.9 Å². The summed E-state index contributed by atoms with van der Waals surface area (Å²) in [5.74, 6) is -0.404. The Bertz CT molecular complexity index is 1170. The van der Waals surface area contributed by atoms with E-state index in [9.17, 15) is 22.8 Å². The number of carbonyl (C=O) groups excluding carboxylic acids is 1. The Balaban J connectivity index is 1.67. The van der Waals surface area contributed by atoms with Gasteiger partial charge in [-0.2, -0.15) is 13.2 Å². The highest BCUT2D eigenvalue weighted by molar-refractivity contribution is 7.18. The van der Waals surface area contributed by atoms with Crippen LogP contribution in [0.5, 0.6) is 0 Å². The van der Waals surface area contributed by atoms with Crippen LogP contribution in [0.4, 0.5) is 13.2 Å². The average Bonchev–Trinajstić information content (AvgIpc) is 3.16. The molecule has 0 bridgehead atoms. The standard InChI is InChI=1S/C20H20F3N3O2S/c1-11-7-14(12(2)26(11)9-20(21,22)23)15(27)8-25-10-24-18-17(19(25)28)13-5-3-4-6-16(13)29-18/h7,10H,3-6,8-9H2,1-2H3. The number of ketones is 1. The molecular formula is C20H20F3N3O2S. The third kappa shape index (κ3) is 3.63. The molecule has 9 heteroatoms. The van der Waals surface area contributed by atoms with Crippen molar-refractivity contribution in [1.29, 1.82) is 0 Å². The maximum atomic E-state index is 13.0. The molecule has 0 unspecified atom stereocenters. The van der Waals surface area contributed by atoms with E-state index in [1.807, 2.05) is 0 Å². The molecule has 4 rings (SSSR count). The van der Waals surface area contributed by atoms with Gasteiger partial charge in [0, 0.05) is 21.8 Å². The minimum absolute atomic E-state index is 0.200. The highest BCUT2D eigenvalue weighted by Crippen LogP contribution is 2.33. The van der Waals surface area contributed by atoms with Crippen LogP contribution < -0.4 is 5.56 Å². The lowest BCUT2D eigenvalue weighted by Crippen LogP contribution is -2.25. The third-order valence-electron chi connectivity index (χ3n) is 5.47. The highest BCUT2D eigenvalue weighted by atomic mass is 32.1. The van der Waals surface area contributed by atoms with E-state index in [1.165, 1.54) is 47.0 Å². The van der Waals surface area contributed by atoms with Crippen molar-refractivity contribution >= 4 is 27.3 Å². The molecule has 1 aliphatic carbocycles. The summed E-state index contributed by atoms with van der Waals surface area (Å²) in [6, 6.07) is 1.45. The van der Waals surface area contributed by atoms with Gasteiger partial charge >= 0.3 is 6.18 Å². The van der Waals surface area contributed by atoms with Crippen LogP contribution >= 0.6 is 11.3 Å². The lowest BCUT2D eigenvalue weighted by atomic mass is 9.97. The highest BCUT2D eigenvalue weighted by Gasteiger charge is 2.30. The molecule has 3 aromatic rings. The third-order valence-corrected chi connectivity index (χ3v) is 6.67. The van der Waals surface area contributed by atoms with Gasteiger partial charge in [-0.25, -0.2) is 4.98 Å². The number of Topliss-reactive ketones (excluding diaryl/α,β-unsaturated/α-hetero) is 1. The van der Waals surface area contributed by atoms with Crippen molar-refractivity contribution in [2.24, 2.45) is 0 Å². The van der Waals surface area contributed by atoms with Crippen LogP contribution in [0.15, 0.2) is 17.2 Å². The van der Waals surface area contributed by atoms with Crippen molar-refractivity contribution in [2.75, 3.05) is 0 Å². The van der Waals surface area contributed by atoms with E-state index in [1.54, 1.807) is 0 Å². The lowest BCUT2D eigenvalue weighted by Gasteiger charge is -2.12. The van der Waals surface area contributed by atoms with Gasteiger partial charge in [-0.05, 0) is 51.2 Å². The predicted molar refractivity (Wildman–Crippen MR) is 105 cm³/mol. The molecular weight excluding hydrogens is 403 g/mol. The van der Waals surface area contributed by atoms with E-state index in [2.05, 4.69) is 4.98 Å². The van der Waals surface area contributed by atoms with E-state index < -0.39 is 18.5 Å². The molecule has 154 valence electrons. The Labute approximate surface area is 168 Å². The van der Waals surface area contributed by atoms with Crippen LogP contribution in [0.1, 0.15) is 45.0 Å². The van der Waals surface area contributed by atoms with Crippen LogP contribution in [0, 0.1) is 13.8 Å². The van der Waals surface area contributed by atoms with Gasteiger partial charge in [-0.3, -0.25) is 14.2 Å². The first-order valence-electron chi connectivity index (χ1n) is 9.42. The van der Waals surface area contributed by atoms with Crippen molar-refractivity contribution in [3.8, 4) is 0 Å². The predicted octanol–water partition coefficient (Wildman–Crippen LogP) is 4.20. The van der Waals surface area contributed by atoms with Crippen molar-refractivity contribution in [3.05, 3.63) is 50.1 Å². The summed E-state index contributed by atoms with van der Waals surface area (Å²) in [6.07, 6.45) is 0.887. The number of halogens is 3. The fourth-order valence-corrected chi connectivity index (χ4v) is 5.26. The Morgan fingerprint density at radius 2 is 1.97 bits per heavy atom. The van der Waals surface area contributed by atoms with E-state index in [0.717, 1.165) is 35.8 Å². The maximum absolute atomic E-state index is 13.0. The first-order valence-corrected chi connectivity index (χ1v) is 10.2. The number of thiophene rings is 1. The van der Waals surface area contributed by atoms with Gasteiger partial charge in [0.25, 0.3) is 5.56 Å². The van der Waals surface area contributed by atoms with Crippen LogP contribution in [-0.4, -0.2) is 26.1 Å². The number of hydrogen-bond acceptors (Lipinski definition) is 4. The molecule has 0 saturated heterocycles. The zero-order valence-electron chi connectivity index (χ0n) is 16.1. The van der Waals surface area contributed by atoms with Crippen molar-refractivity contribution < 1.29 is 18.0 Å². The number of fused-ring (bicyclic) bond motifs is 3. The maximum Gasteiger partial charge on any atom is 0.406 e. The normalized spacial score (nSPS) is 14.4. The van der Waals surface area contributed by atoms with E-state index in [4.69, 9.17) is 0 Å². The first kappa shape index (κ1) is 19.9.